The molecule has 0 saturated carbocycles. The van der Waals surface area contributed by atoms with Gasteiger partial charge in [0.05, 0.1) is 28.9 Å². The van der Waals surface area contributed by atoms with Gasteiger partial charge in [-0.2, -0.15) is 13.2 Å². The topological polar surface area (TPSA) is 83.6 Å². The number of benzene rings is 2. The zero-order valence-electron chi connectivity index (χ0n) is 20.7. The van der Waals surface area contributed by atoms with Crippen molar-refractivity contribution in [1.82, 2.24) is 15.2 Å². The van der Waals surface area contributed by atoms with Crippen LogP contribution in [0, 0.1) is 5.92 Å². The van der Waals surface area contributed by atoms with E-state index in [2.05, 4.69) is 15.6 Å². The number of fused-ring (bicyclic) bond motifs is 1. The normalized spacial score (nSPS) is 14.5. The fourth-order valence-electron chi connectivity index (χ4n) is 4.45. The number of ether oxygens (including phenoxy) is 1. The summed E-state index contributed by atoms with van der Waals surface area (Å²) in [6, 6.07) is 11.3. The number of hydrogen-bond donors (Lipinski definition) is 2. The Hall–Kier alpha value is -3.82. The second-order valence-corrected chi connectivity index (χ2v) is 8.97. The summed E-state index contributed by atoms with van der Waals surface area (Å²) in [5, 5.41) is 6.05. The number of carbonyl (C=O) groups excluding carboxylic acids is 2. The standard InChI is InChI=1S/C27H29F3N4O3/c1-3-24(35)34-11-9-17(10-12-34)16-37-23-13-19-22(14-21(23)27(28,29)30)32-15-20(26(36)31-2)25(19)33-18-7-5-4-6-8-18/h4-8,13-15,17H,3,9-12,16H2,1-2H3,(H,31,36)(H,32,33). The molecule has 2 amide bonds. The Kier molecular flexibility index (Phi) is 7.85. The average molecular weight is 515 g/mol. The minimum Gasteiger partial charge on any atom is -0.493 e. The molecule has 7 nitrogen and oxygen atoms in total. The number of rotatable bonds is 7. The molecule has 3 aromatic rings. The number of amides is 2. The molecule has 1 saturated heterocycles. The summed E-state index contributed by atoms with van der Waals surface area (Å²) in [5.41, 5.74) is 0.343. The lowest BCUT2D eigenvalue weighted by atomic mass is 9.97. The number of para-hydroxylation sites is 1. The lowest BCUT2D eigenvalue weighted by Gasteiger charge is -2.32. The van der Waals surface area contributed by atoms with Gasteiger partial charge in [0, 0.05) is 43.8 Å². The summed E-state index contributed by atoms with van der Waals surface area (Å²) >= 11 is 0. The second kappa shape index (κ2) is 11.1. The van der Waals surface area contributed by atoms with Gasteiger partial charge in [0.2, 0.25) is 5.91 Å². The molecule has 0 radical (unpaired) electrons. The van der Waals surface area contributed by atoms with Gasteiger partial charge in [0.1, 0.15) is 5.75 Å². The Balaban J connectivity index is 1.70. The minimum absolute atomic E-state index is 0.0231. The van der Waals surface area contributed by atoms with E-state index >= 15 is 0 Å². The number of likely N-dealkylation sites (tertiary alicyclic amines) is 1. The molecule has 1 aromatic heterocycles. The number of piperidine rings is 1. The van der Waals surface area contributed by atoms with Crippen LogP contribution in [0.2, 0.25) is 0 Å². The van der Waals surface area contributed by atoms with E-state index < -0.39 is 17.6 Å². The lowest BCUT2D eigenvalue weighted by Crippen LogP contribution is -2.39. The number of halogens is 3. The summed E-state index contributed by atoms with van der Waals surface area (Å²) in [6.07, 6.45) is -1.65. The van der Waals surface area contributed by atoms with Crippen molar-refractivity contribution >= 4 is 34.1 Å². The third-order valence-corrected chi connectivity index (χ3v) is 6.53. The van der Waals surface area contributed by atoms with Crippen molar-refractivity contribution in [3.8, 4) is 5.75 Å². The summed E-state index contributed by atoms with van der Waals surface area (Å²) < 4.78 is 47.8. The van der Waals surface area contributed by atoms with Gasteiger partial charge < -0.3 is 20.3 Å². The number of anilines is 2. The van der Waals surface area contributed by atoms with Crippen LogP contribution in [0.1, 0.15) is 42.1 Å². The van der Waals surface area contributed by atoms with Gasteiger partial charge in [-0.3, -0.25) is 14.6 Å². The maximum atomic E-state index is 14.0. The SMILES string of the molecule is CCC(=O)N1CCC(COc2cc3c(Nc4ccccc4)c(C(=O)NC)cnc3cc2C(F)(F)F)CC1. The number of carbonyl (C=O) groups is 2. The van der Waals surface area contributed by atoms with Crippen molar-refractivity contribution < 1.29 is 27.5 Å². The van der Waals surface area contributed by atoms with Crippen molar-refractivity contribution in [2.24, 2.45) is 5.92 Å². The molecule has 2 N–H and O–H groups in total. The van der Waals surface area contributed by atoms with E-state index in [0.29, 0.717) is 49.1 Å². The van der Waals surface area contributed by atoms with Crippen molar-refractivity contribution in [3.63, 3.8) is 0 Å². The van der Waals surface area contributed by atoms with Crippen LogP contribution in [0.5, 0.6) is 5.75 Å². The van der Waals surface area contributed by atoms with E-state index in [4.69, 9.17) is 4.74 Å². The van der Waals surface area contributed by atoms with Crippen LogP contribution < -0.4 is 15.4 Å². The number of nitrogens with zero attached hydrogens (tertiary/aromatic N) is 2. The van der Waals surface area contributed by atoms with Crippen LogP contribution in [0.15, 0.2) is 48.7 Å². The molecule has 1 aliphatic heterocycles. The first-order chi connectivity index (χ1) is 17.7. The molecule has 0 aliphatic carbocycles. The molecule has 0 unspecified atom stereocenters. The second-order valence-electron chi connectivity index (χ2n) is 8.97. The third kappa shape index (κ3) is 5.95. The average Bonchev–Trinajstić information content (AvgIpc) is 2.91. The van der Waals surface area contributed by atoms with Crippen molar-refractivity contribution in [3.05, 3.63) is 59.8 Å². The maximum absolute atomic E-state index is 14.0. The first-order valence-corrected chi connectivity index (χ1v) is 12.2. The van der Waals surface area contributed by atoms with Gasteiger partial charge in [-0.05, 0) is 43.0 Å². The van der Waals surface area contributed by atoms with Crippen LogP contribution in [0.3, 0.4) is 0 Å². The highest BCUT2D eigenvalue weighted by Crippen LogP contribution is 2.41. The molecule has 1 aliphatic rings. The van der Waals surface area contributed by atoms with E-state index in [1.165, 1.54) is 19.3 Å². The molecular formula is C27H29F3N4O3. The van der Waals surface area contributed by atoms with Gasteiger partial charge >= 0.3 is 6.18 Å². The monoisotopic (exact) mass is 514 g/mol. The highest BCUT2D eigenvalue weighted by Gasteiger charge is 2.36. The molecule has 2 aromatic carbocycles. The molecule has 4 rings (SSSR count). The molecular weight excluding hydrogens is 485 g/mol. The Morgan fingerprint density at radius 2 is 1.84 bits per heavy atom. The summed E-state index contributed by atoms with van der Waals surface area (Å²) in [7, 11) is 1.47. The number of pyridine rings is 1. The Labute approximate surface area is 213 Å². The van der Waals surface area contributed by atoms with Gasteiger partial charge in [-0.1, -0.05) is 25.1 Å². The molecule has 1 fully saturated rings. The molecule has 37 heavy (non-hydrogen) atoms. The van der Waals surface area contributed by atoms with Gasteiger partial charge in [0.25, 0.3) is 5.91 Å². The maximum Gasteiger partial charge on any atom is 0.420 e. The lowest BCUT2D eigenvalue weighted by molar-refractivity contribution is -0.139. The zero-order valence-corrected chi connectivity index (χ0v) is 20.7. The summed E-state index contributed by atoms with van der Waals surface area (Å²) in [5.74, 6) is -0.649. The molecule has 10 heteroatoms. The molecule has 2 heterocycles. The Bertz CT molecular complexity index is 1270. The fourth-order valence-corrected chi connectivity index (χ4v) is 4.45. The first kappa shape index (κ1) is 26.2. The van der Waals surface area contributed by atoms with E-state index in [0.717, 1.165) is 6.07 Å². The van der Waals surface area contributed by atoms with Crippen LogP contribution in [0.4, 0.5) is 24.5 Å². The van der Waals surface area contributed by atoms with E-state index in [9.17, 15) is 22.8 Å². The Morgan fingerprint density at radius 3 is 2.46 bits per heavy atom. The summed E-state index contributed by atoms with van der Waals surface area (Å²) in [4.78, 5) is 30.4. The predicted octanol–water partition coefficient (Wildman–Crippen LogP) is 5.38. The van der Waals surface area contributed by atoms with E-state index in [1.54, 1.807) is 36.1 Å². The summed E-state index contributed by atoms with van der Waals surface area (Å²) in [6.45, 7) is 3.03. The molecule has 0 bridgehead atoms. The highest BCUT2D eigenvalue weighted by molar-refractivity contribution is 6.08. The third-order valence-electron chi connectivity index (χ3n) is 6.53. The van der Waals surface area contributed by atoms with Crippen LogP contribution >= 0.6 is 0 Å². The van der Waals surface area contributed by atoms with Crippen molar-refractivity contribution in [2.45, 2.75) is 32.4 Å². The number of nitrogens with one attached hydrogen (secondary N) is 2. The zero-order chi connectivity index (χ0) is 26.6. The fraction of sp³-hybridized carbons (Fsp3) is 0.370. The molecule has 0 atom stereocenters. The predicted molar refractivity (Wildman–Crippen MR) is 135 cm³/mol. The van der Waals surface area contributed by atoms with Crippen molar-refractivity contribution in [2.75, 3.05) is 32.1 Å². The minimum atomic E-state index is -4.66. The first-order valence-electron chi connectivity index (χ1n) is 12.2. The quantitative estimate of drug-likeness (QED) is 0.442. The number of alkyl halides is 3. The molecule has 0 spiro atoms. The molecule has 196 valence electrons. The van der Waals surface area contributed by atoms with Gasteiger partial charge in [-0.25, -0.2) is 0 Å². The largest absolute Gasteiger partial charge is 0.493 e. The van der Waals surface area contributed by atoms with Gasteiger partial charge in [0.15, 0.2) is 0 Å². The smallest absolute Gasteiger partial charge is 0.420 e. The van der Waals surface area contributed by atoms with Crippen LogP contribution in [-0.2, 0) is 11.0 Å². The van der Waals surface area contributed by atoms with Crippen LogP contribution in [-0.4, -0.2) is 48.4 Å². The number of hydrogen-bond acceptors (Lipinski definition) is 5. The van der Waals surface area contributed by atoms with Gasteiger partial charge in [-0.15, -0.1) is 0 Å². The van der Waals surface area contributed by atoms with E-state index in [1.807, 2.05) is 6.07 Å². The van der Waals surface area contributed by atoms with Crippen LogP contribution in [0.25, 0.3) is 10.9 Å². The highest BCUT2D eigenvalue weighted by atomic mass is 19.4. The van der Waals surface area contributed by atoms with E-state index in [-0.39, 0.29) is 35.3 Å². The van der Waals surface area contributed by atoms with Crippen molar-refractivity contribution in [1.29, 1.82) is 0 Å². The Morgan fingerprint density at radius 1 is 1.14 bits per heavy atom. The number of aromatic nitrogens is 1.